The van der Waals surface area contributed by atoms with Crippen LogP contribution < -0.4 is 10.0 Å². The molecule has 1 aromatic carbocycles. The predicted octanol–water partition coefficient (Wildman–Crippen LogP) is 2.26. The topological polar surface area (TPSA) is 107 Å². The van der Waals surface area contributed by atoms with Gasteiger partial charge in [0.25, 0.3) is 5.69 Å². The van der Waals surface area contributed by atoms with Crippen LogP contribution in [-0.4, -0.2) is 26.9 Å². The molecule has 7 nitrogen and oxygen atoms in total. The van der Waals surface area contributed by atoms with Crippen LogP contribution in [0, 0.1) is 16.0 Å². The third kappa shape index (κ3) is 3.75. The fourth-order valence-corrected chi connectivity index (χ4v) is 3.92. The highest BCUT2D eigenvalue weighted by molar-refractivity contribution is 7.89. The average molecular weight is 327 g/mol. The number of nitrogens with two attached hydrogens (primary N) is 1. The second kappa shape index (κ2) is 6.62. The smallest absolute Gasteiger partial charge is 0.293 e. The molecule has 0 saturated heterocycles. The van der Waals surface area contributed by atoms with E-state index in [1.807, 2.05) is 0 Å². The summed E-state index contributed by atoms with van der Waals surface area (Å²) in [5, 5.41) is 16.5. The second-order valence-corrected chi connectivity index (χ2v) is 7.34. The third-order valence-corrected chi connectivity index (χ3v) is 5.06. The van der Waals surface area contributed by atoms with Gasteiger partial charge in [-0.2, -0.15) is 0 Å². The van der Waals surface area contributed by atoms with E-state index >= 15 is 0 Å². The average Bonchev–Trinajstić information content (AvgIpc) is 2.46. The lowest BCUT2D eigenvalue weighted by molar-refractivity contribution is -0.384. The first-order valence-electron chi connectivity index (χ1n) is 7.32. The van der Waals surface area contributed by atoms with Crippen molar-refractivity contribution in [2.24, 2.45) is 11.1 Å². The van der Waals surface area contributed by atoms with Gasteiger partial charge in [0.05, 0.1) is 4.92 Å². The van der Waals surface area contributed by atoms with Crippen molar-refractivity contribution in [2.75, 3.05) is 18.5 Å². The van der Waals surface area contributed by atoms with Crippen LogP contribution in [0.1, 0.15) is 32.1 Å². The number of anilines is 1. The summed E-state index contributed by atoms with van der Waals surface area (Å²) in [4.78, 5) is 12.1. The molecule has 2 rings (SSSR count). The Labute approximate surface area is 130 Å². The number of nitrogens with zero attached hydrogens (tertiary/aromatic N) is 2. The van der Waals surface area contributed by atoms with Gasteiger partial charge in [-0.05, 0) is 24.8 Å². The van der Waals surface area contributed by atoms with E-state index in [4.69, 9.17) is 5.14 Å². The van der Waals surface area contributed by atoms with Crippen LogP contribution >= 0.6 is 0 Å². The highest BCUT2D eigenvalue weighted by atomic mass is 32.2. The van der Waals surface area contributed by atoms with Gasteiger partial charge in [-0.15, -0.1) is 0 Å². The third-order valence-electron chi connectivity index (χ3n) is 4.12. The number of hydrogen-bond acceptors (Lipinski definition) is 5. The molecule has 1 fully saturated rings. The van der Waals surface area contributed by atoms with E-state index in [-0.39, 0.29) is 16.3 Å². The molecule has 1 aliphatic carbocycles. The fraction of sp³-hybridized carbons (Fsp3) is 0.571. The van der Waals surface area contributed by atoms with Gasteiger partial charge in [0.1, 0.15) is 10.6 Å². The summed E-state index contributed by atoms with van der Waals surface area (Å²) in [5.41, 5.74) is -0.148. The van der Waals surface area contributed by atoms with Gasteiger partial charge in [0, 0.05) is 19.7 Å². The summed E-state index contributed by atoms with van der Waals surface area (Å²) in [6, 6.07) is 3.96. The Kier molecular flexibility index (Phi) is 5.02. The van der Waals surface area contributed by atoms with Crippen LogP contribution in [0.15, 0.2) is 23.1 Å². The zero-order chi connectivity index (χ0) is 16.3. The molecule has 0 amide bonds. The Balaban J connectivity index is 2.39. The van der Waals surface area contributed by atoms with Crippen molar-refractivity contribution in [3.8, 4) is 0 Å². The normalized spacial score (nSPS) is 16.5. The highest BCUT2D eigenvalue weighted by Gasteiger charge is 2.27. The Morgan fingerprint density at radius 2 is 1.95 bits per heavy atom. The first kappa shape index (κ1) is 16.7. The zero-order valence-corrected chi connectivity index (χ0v) is 13.4. The predicted molar refractivity (Wildman–Crippen MR) is 84.3 cm³/mol. The minimum atomic E-state index is -4.02. The molecule has 0 radical (unpaired) electrons. The van der Waals surface area contributed by atoms with Crippen LogP contribution in [0.25, 0.3) is 0 Å². The molecule has 0 aliphatic heterocycles. The largest absolute Gasteiger partial charge is 0.368 e. The molecular formula is C14H21N3O4S. The molecule has 2 N–H and O–H groups in total. The van der Waals surface area contributed by atoms with Gasteiger partial charge in [-0.25, -0.2) is 13.6 Å². The van der Waals surface area contributed by atoms with Gasteiger partial charge in [0.15, 0.2) is 0 Å². The number of benzene rings is 1. The molecule has 1 aromatic rings. The Morgan fingerprint density at radius 3 is 2.50 bits per heavy atom. The Bertz CT molecular complexity index is 654. The second-order valence-electron chi connectivity index (χ2n) is 5.81. The number of para-hydroxylation sites is 1. The lowest BCUT2D eigenvalue weighted by atomic mass is 9.89. The number of nitro benzene ring substituents is 1. The van der Waals surface area contributed by atoms with Gasteiger partial charge in [-0.1, -0.05) is 25.3 Å². The quantitative estimate of drug-likeness (QED) is 0.659. The van der Waals surface area contributed by atoms with E-state index in [0.29, 0.717) is 12.5 Å². The van der Waals surface area contributed by atoms with Crippen LogP contribution in [0.3, 0.4) is 0 Å². The molecule has 0 unspecified atom stereocenters. The van der Waals surface area contributed by atoms with Crippen LogP contribution in [0.5, 0.6) is 0 Å². The molecule has 8 heteroatoms. The molecule has 1 aliphatic rings. The summed E-state index contributed by atoms with van der Waals surface area (Å²) < 4.78 is 23.5. The van der Waals surface area contributed by atoms with Crippen molar-refractivity contribution in [1.82, 2.24) is 0 Å². The van der Waals surface area contributed by atoms with Crippen LogP contribution in [0.4, 0.5) is 11.4 Å². The van der Waals surface area contributed by atoms with Crippen molar-refractivity contribution in [3.63, 3.8) is 0 Å². The molecule has 0 bridgehead atoms. The number of primary sulfonamides is 1. The van der Waals surface area contributed by atoms with E-state index in [1.54, 1.807) is 11.9 Å². The molecule has 0 spiro atoms. The summed E-state index contributed by atoms with van der Waals surface area (Å²) in [5.74, 6) is 0.423. The first-order chi connectivity index (χ1) is 10.3. The number of nitro groups is 1. The maximum Gasteiger partial charge on any atom is 0.293 e. The zero-order valence-electron chi connectivity index (χ0n) is 12.6. The van der Waals surface area contributed by atoms with Crippen molar-refractivity contribution < 1.29 is 13.3 Å². The van der Waals surface area contributed by atoms with Crippen LogP contribution in [-0.2, 0) is 10.0 Å². The summed E-state index contributed by atoms with van der Waals surface area (Å²) in [7, 11) is -2.34. The summed E-state index contributed by atoms with van der Waals surface area (Å²) in [6.45, 7) is 0.591. The van der Waals surface area contributed by atoms with Gasteiger partial charge >= 0.3 is 0 Å². The molecule has 122 valence electrons. The SMILES string of the molecule is CN(CC1CCCCC1)c1c([N+](=O)[O-])cccc1S(N)(=O)=O. The van der Waals surface area contributed by atoms with Crippen molar-refractivity contribution in [3.05, 3.63) is 28.3 Å². The van der Waals surface area contributed by atoms with E-state index in [0.717, 1.165) is 25.7 Å². The standard InChI is InChI=1S/C14H21N3O4S/c1-16(10-11-6-3-2-4-7-11)14-12(17(18)19)8-5-9-13(14)22(15,20)21/h5,8-9,11H,2-4,6-7,10H2,1H3,(H2,15,20,21). The minimum absolute atomic E-state index is 0.0839. The van der Waals surface area contributed by atoms with Gasteiger partial charge < -0.3 is 4.90 Å². The number of sulfonamides is 1. The lowest BCUT2D eigenvalue weighted by Crippen LogP contribution is -2.29. The van der Waals surface area contributed by atoms with E-state index in [2.05, 4.69) is 0 Å². The van der Waals surface area contributed by atoms with Gasteiger partial charge in [0.2, 0.25) is 10.0 Å². The highest BCUT2D eigenvalue weighted by Crippen LogP contribution is 2.35. The monoisotopic (exact) mass is 327 g/mol. The lowest BCUT2D eigenvalue weighted by Gasteiger charge is -2.29. The Morgan fingerprint density at radius 1 is 1.32 bits per heavy atom. The fourth-order valence-electron chi connectivity index (χ4n) is 3.12. The molecule has 0 heterocycles. The van der Waals surface area contributed by atoms with E-state index in [1.165, 1.54) is 24.6 Å². The Hall–Kier alpha value is -1.67. The van der Waals surface area contributed by atoms with E-state index in [9.17, 15) is 18.5 Å². The van der Waals surface area contributed by atoms with Crippen molar-refractivity contribution in [2.45, 2.75) is 37.0 Å². The molecule has 22 heavy (non-hydrogen) atoms. The summed E-state index contributed by atoms with van der Waals surface area (Å²) >= 11 is 0. The van der Waals surface area contributed by atoms with E-state index < -0.39 is 14.9 Å². The number of rotatable bonds is 5. The first-order valence-corrected chi connectivity index (χ1v) is 8.86. The molecule has 0 atom stereocenters. The van der Waals surface area contributed by atoms with Crippen molar-refractivity contribution >= 4 is 21.4 Å². The molecular weight excluding hydrogens is 306 g/mol. The minimum Gasteiger partial charge on any atom is -0.368 e. The maximum absolute atomic E-state index is 11.8. The summed E-state index contributed by atoms with van der Waals surface area (Å²) in [6.07, 6.45) is 5.65. The van der Waals surface area contributed by atoms with Gasteiger partial charge in [-0.3, -0.25) is 10.1 Å². The van der Waals surface area contributed by atoms with Crippen molar-refractivity contribution in [1.29, 1.82) is 0 Å². The van der Waals surface area contributed by atoms with Crippen LogP contribution in [0.2, 0.25) is 0 Å². The molecule has 0 aromatic heterocycles. The molecule has 1 saturated carbocycles. The number of hydrogen-bond donors (Lipinski definition) is 1. The maximum atomic E-state index is 11.8.